The van der Waals surface area contributed by atoms with Gasteiger partial charge in [0.2, 0.25) is 0 Å². The Labute approximate surface area is 125 Å². The third-order valence-electron chi connectivity index (χ3n) is 4.52. The molecule has 0 aliphatic heterocycles. The molecule has 20 heavy (non-hydrogen) atoms. The topological polar surface area (TPSA) is 12.0 Å². The van der Waals surface area contributed by atoms with Gasteiger partial charge < -0.3 is 5.32 Å². The minimum Gasteiger partial charge on any atom is -0.307 e. The van der Waals surface area contributed by atoms with Crippen molar-refractivity contribution in [2.75, 3.05) is 5.75 Å². The monoisotopic (exact) mass is 293 g/mol. The van der Waals surface area contributed by atoms with E-state index in [1.165, 1.54) is 43.4 Å². The van der Waals surface area contributed by atoms with E-state index in [1.54, 1.807) is 12.1 Å². The van der Waals surface area contributed by atoms with Crippen LogP contribution in [0.3, 0.4) is 0 Å². The van der Waals surface area contributed by atoms with Gasteiger partial charge in [0.25, 0.3) is 0 Å². The summed E-state index contributed by atoms with van der Waals surface area (Å²) in [7, 11) is 0. The molecule has 1 N–H and O–H groups in total. The van der Waals surface area contributed by atoms with E-state index >= 15 is 0 Å². The number of rotatable bonds is 6. The molecule has 0 amide bonds. The number of hydrogen-bond donors (Lipinski definition) is 1. The fourth-order valence-electron chi connectivity index (χ4n) is 3.34. The normalized spacial score (nSPS) is 27.7. The highest BCUT2D eigenvalue weighted by molar-refractivity contribution is 7.99. The van der Waals surface area contributed by atoms with Gasteiger partial charge in [0.15, 0.2) is 0 Å². The van der Waals surface area contributed by atoms with Crippen molar-refractivity contribution < 1.29 is 4.39 Å². The van der Waals surface area contributed by atoms with Crippen LogP contribution in [0.1, 0.15) is 50.6 Å². The highest BCUT2D eigenvalue weighted by Gasteiger charge is 2.35. The first kappa shape index (κ1) is 14.4. The van der Waals surface area contributed by atoms with Crippen molar-refractivity contribution in [3.05, 3.63) is 35.6 Å². The van der Waals surface area contributed by atoms with Crippen LogP contribution in [0.25, 0.3) is 0 Å². The lowest BCUT2D eigenvalue weighted by atomic mass is 10.0. The first-order valence-electron chi connectivity index (χ1n) is 7.89. The molecule has 110 valence electrons. The van der Waals surface area contributed by atoms with Gasteiger partial charge in [0.05, 0.1) is 0 Å². The standard InChI is InChI=1S/C17H24FNS/c1-2-20-16-10-9-15(11-16)19-17(12-3-4-12)13-5-7-14(18)8-6-13/h5-8,12,15-17,19H,2-4,9-11H2,1H3. The molecule has 0 heterocycles. The number of nitrogens with one attached hydrogen (secondary N) is 1. The first-order chi connectivity index (χ1) is 9.76. The van der Waals surface area contributed by atoms with E-state index in [1.807, 2.05) is 12.1 Å². The molecule has 2 fully saturated rings. The molecule has 0 spiro atoms. The van der Waals surface area contributed by atoms with Crippen LogP contribution in [0.5, 0.6) is 0 Å². The summed E-state index contributed by atoms with van der Waals surface area (Å²) in [6.07, 6.45) is 6.56. The second-order valence-electron chi connectivity index (χ2n) is 6.12. The summed E-state index contributed by atoms with van der Waals surface area (Å²) < 4.78 is 13.1. The van der Waals surface area contributed by atoms with Crippen molar-refractivity contribution in [2.45, 2.75) is 56.4 Å². The van der Waals surface area contributed by atoms with Crippen molar-refractivity contribution in [3.63, 3.8) is 0 Å². The molecule has 2 saturated carbocycles. The first-order valence-corrected chi connectivity index (χ1v) is 8.94. The van der Waals surface area contributed by atoms with E-state index in [0.717, 1.165) is 11.2 Å². The molecule has 0 radical (unpaired) electrons. The predicted octanol–water partition coefficient (Wildman–Crippen LogP) is 4.54. The van der Waals surface area contributed by atoms with Crippen LogP contribution in [0.2, 0.25) is 0 Å². The average molecular weight is 293 g/mol. The minimum atomic E-state index is -0.136. The quantitative estimate of drug-likeness (QED) is 0.826. The van der Waals surface area contributed by atoms with E-state index in [9.17, 15) is 4.39 Å². The maximum atomic E-state index is 13.1. The van der Waals surface area contributed by atoms with Gasteiger partial charge in [-0.15, -0.1) is 0 Å². The molecule has 3 atom stereocenters. The Bertz CT molecular complexity index is 429. The molecule has 2 aliphatic rings. The van der Waals surface area contributed by atoms with Gasteiger partial charge >= 0.3 is 0 Å². The smallest absolute Gasteiger partial charge is 0.123 e. The largest absolute Gasteiger partial charge is 0.307 e. The Kier molecular flexibility index (Phi) is 4.67. The van der Waals surface area contributed by atoms with E-state index in [-0.39, 0.29) is 5.82 Å². The number of hydrogen-bond acceptors (Lipinski definition) is 2. The van der Waals surface area contributed by atoms with Crippen LogP contribution in [0.4, 0.5) is 4.39 Å². The van der Waals surface area contributed by atoms with Crippen LogP contribution >= 0.6 is 11.8 Å². The zero-order valence-corrected chi connectivity index (χ0v) is 13.0. The summed E-state index contributed by atoms with van der Waals surface area (Å²) >= 11 is 2.10. The Balaban J connectivity index is 1.62. The van der Waals surface area contributed by atoms with Gasteiger partial charge in [-0.3, -0.25) is 0 Å². The summed E-state index contributed by atoms with van der Waals surface area (Å²) in [5.74, 6) is 1.85. The van der Waals surface area contributed by atoms with Gasteiger partial charge in [-0.1, -0.05) is 19.1 Å². The maximum absolute atomic E-state index is 13.1. The molecule has 3 rings (SSSR count). The van der Waals surface area contributed by atoms with Crippen LogP contribution in [0.15, 0.2) is 24.3 Å². The van der Waals surface area contributed by atoms with Crippen LogP contribution < -0.4 is 5.32 Å². The molecule has 0 aromatic heterocycles. The third kappa shape index (κ3) is 3.56. The lowest BCUT2D eigenvalue weighted by Gasteiger charge is -2.23. The zero-order valence-electron chi connectivity index (χ0n) is 12.1. The average Bonchev–Trinajstić information content (AvgIpc) is 3.19. The number of halogens is 1. The van der Waals surface area contributed by atoms with Crippen molar-refractivity contribution in [1.29, 1.82) is 0 Å². The van der Waals surface area contributed by atoms with E-state index < -0.39 is 0 Å². The second kappa shape index (κ2) is 6.48. The van der Waals surface area contributed by atoms with Gasteiger partial charge in [-0.05, 0) is 61.5 Å². The fourth-order valence-corrected chi connectivity index (χ4v) is 4.48. The summed E-state index contributed by atoms with van der Waals surface area (Å²) in [5.41, 5.74) is 1.26. The molecule has 2 aliphatic carbocycles. The Morgan fingerprint density at radius 1 is 1.20 bits per heavy atom. The minimum absolute atomic E-state index is 0.136. The molecular formula is C17H24FNS. The molecule has 3 unspecified atom stereocenters. The van der Waals surface area contributed by atoms with Gasteiger partial charge in [-0.2, -0.15) is 11.8 Å². The van der Waals surface area contributed by atoms with Gasteiger partial charge in [-0.25, -0.2) is 4.39 Å². The summed E-state index contributed by atoms with van der Waals surface area (Å²) in [5, 5.41) is 4.70. The second-order valence-corrected chi connectivity index (χ2v) is 7.70. The Morgan fingerprint density at radius 2 is 1.95 bits per heavy atom. The molecular weight excluding hydrogens is 269 g/mol. The van der Waals surface area contributed by atoms with Crippen LogP contribution in [-0.4, -0.2) is 17.0 Å². The van der Waals surface area contributed by atoms with Crippen molar-refractivity contribution in [3.8, 4) is 0 Å². The lowest BCUT2D eigenvalue weighted by molar-refractivity contribution is 0.406. The van der Waals surface area contributed by atoms with E-state index in [2.05, 4.69) is 24.0 Å². The van der Waals surface area contributed by atoms with Crippen molar-refractivity contribution >= 4 is 11.8 Å². The zero-order chi connectivity index (χ0) is 13.9. The maximum Gasteiger partial charge on any atom is 0.123 e. The Hall–Kier alpha value is -0.540. The molecule has 0 bridgehead atoms. The van der Waals surface area contributed by atoms with E-state index in [4.69, 9.17) is 0 Å². The SMILES string of the molecule is CCSC1CCC(NC(c2ccc(F)cc2)C2CC2)C1. The number of thioether (sulfide) groups is 1. The van der Waals surface area contributed by atoms with Gasteiger partial charge in [0, 0.05) is 17.3 Å². The third-order valence-corrected chi connectivity index (χ3v) is 5.76. The summed E-state index contributed by atoms with van der Waals surface area (Å²) in [6, 6.07) is 8.19. The summed E-state index contributed by atoms with van der Waals surface area (Å²) in [6.45, 7) is 2.25. The fraction of sp³-hybridized carbons (Fsp3) is 0.647. The van der Waals surface area contributed by atoms with E-state index in [0.29, 0.717) is 12.1 Å². The molecule has 1 nitrogen and oxygen atoms in total. The van der Waals surface area contributed by atoms with Crippen LogP contribution in [0, 0.1) is 11.7 Å². The van der Waals surface area contributed by atoms with Crippen molar-refractivity contribution in [2.24, 2.45) is 5.92 Å². The van der Waals surface area contributed by atoms with Gasteiger partial charge in [0.1, 0.15) is 5.82 Å². The Morgan fingerprint density at radius 3 is 2.60 bits per heavy atom. The summed E-state index contributed by atoms with van der Waals surface area (Å²) in [4.78, 5) is 0. The molecule has 0 saturated heterocycles. The highest BCUT2D eigenvalue weighted by atomic mass is 32.2. The predicted molar refractivity (Wildman–Crippen MR) is 84.6 cm³/mol. The van der Waals surface area contributed by atoms with Crippen LogP contribution in [-0.2, 0) is 0 Å². The molecule has 1 aromatic rings. The van der Waals surface area contributed by atoms with Crippen molar-refractivity contribution in [1.82, 2.24) is 5.32 Å². The molecule has 1 aromatic carbocycles. The number of benzene rings is 1. The highest BCUT2D eigenvalue weighted by Crippen LogP contribution is 2.42. The lowest BCUT2D eigenvalue weighted by Crippen LogP contribution is -2.32. The molecule has 3 heteroatoms.